The van der Waals surface area contributed by atoms with Gasteiger partial charge in [-0.25, -0.2) is 4.99 Å². The van der Waals surface area contributed by atoms with Gasteiger partial charge in [0.15, 0.2) is 5.96 Å². The van der Waals surface area contributed by atoms with Crippen LogP contribution in [0.2, 0.25) is 0 Å². The summed E-state index contributed by atoms with van der Waals surface area (Å²) in [5, 5.41) is 9.65. The molecule has 2 amide bonds. The second-order valence-corrected chi connectivity index (χ2v) is 7.67. The maximum atomic E-state index is 12.1. The number of carbonyl (C=O) groups is 2. The molecular formula is C19H35N5O2. The summed E-state index contributed by atoms with van der Waals surface area (Å²) in [5.74, 6) is 0.856. The van der Waals surface area contributed by atoms with E-state index < -0.39 is 0 Å². The predicted molar refractivity (Wildman–Crippen MR) is 104 cm³/mol. The molecule has 148 valence electrons. The van der Waals surface area contributed by atoms with Crippen LogP contribution >= 0.6 is 0 Å². The molecular weight excluding hydrogens is 330 g/mol. The van der Waals surface area contributed by atoms with Gasteiger partial charge in [-0.1, -0.05) is 33.1 Å². The zero-order chi connectivity index (χ0) is 18.9. The zero-order valence-corrected chi connectivity index (χ0v) is 16.5. The van der Waals surface area contributed by atoms with E-state index in [0.29, 0.717) is 18.5 Å². The van der Waals surface area contributed by atoms with E-state index >= 15 is 0 Å². The molecule has 26 heavy (non-hydrogen) atoms. The molecule has 2 fully saturated rings. The van der Waals surface area contributed by atoms with Crippen molar-refractivity contribution in [1.29, 1.82) is 0 Å². The van der Waals surface area contributed by atoms with Gasteiger partial charge in [-0.05, 0) is 26.2 Å². The highest BCUT2D eigenvalue weighted by Gasteiger charge is 2.28. The molecule has 2 aliphatic rings. The van der Waals surface area contributed by atoms with E-state index in [1.165, 1.54) is 19.3 Å². The fourth-order valence-electron chi connectivity index (χ4n) is 3.63. The largest absolute Gasteiger partial charge is 0.357 e. The van der Waals surface area contributed by atoms with Gasteiger partial charge in [0.05, 0.1) is 0 Å². The van der Waals surface area contributed by atoms with Crippen LogP contribution in [0.15, 0.2) is 4.99 Å². The van der Waals surface area contributed by atoms with Gasteiger partial charge in [-0.15, -0.1) is 0 Å². The van der Waals surface area contributed by atoms with Crippen molar-refractivity contribution in [3.05, 3.63) is 0 Å². The Morgan fingerprint density at radius 1 is 1.08 bits per heavy atom. The molecule has 0 aromatic carbocycles. The molecule has 0 spiro atoms. The Labute approximate surface area is 157 Å². The number of guanidine groups is 1. The quantitative estimate of drug-likeness (QED) is 0.488. The van der Waals surface area contributed by atoms with Crippen LogP contribution < -0.4 is 16.0 Å². The Hall–Kier alpha value is -1.79. The van der Waals surface area contributed by atoms with Gasteiger partial charge in [-0.2, -0.15) is 0 Å². The van der Waals surface area contributed by atoms with Crippen molar-refractivity contribution < 1.29 is 9.59 Å². The highest BCUT2D eigenvalue weighted by Crippen LogP contribution is 2.17. The van der Waals surface area contributed by atoms with Crippen LogP contribution in [0.4, 0.5) is 0 Å². The molecule has 7 nitrogen and oxygen atoms in total. The van der Waals surface area contributed by atoms with Gasteiger partial charge in [0.2, 0.25) is 11.8 Å². The first-order chi connectivity index (χ1) is 12.5. The predicted octanol–water partition coefficient (Wildman–Crippen LogP) is 1.25. The summed E-state index contributed by atoms with van der Waals surface area (Å²) < 4.78 is 0. The number of nitrogens with zero attached hydrogens (tertiary/aromatic N) is 2. The van der Waals surface area contributed by atoms with Crippen molar-refractivity contribution in [3.8, 4) is 0 Å². The lowest BCUT2D eigenvalue weighted by Crippen LogP contribution is -2.46. The fourth-order valence-corrected chi connectivity index (χ4v) is 3.63. The minimum absolute atomic E-state index is 0.0165. The topological polar surface area (TPSA) is 85.8 Å². The van der Waals surface area contributed by atoms with Gasteiger partial charge in [-0.3, -0.25) is 9.59 Å². The van der Waals surface area contributed by atoms with E-state index in [2.05, 4.69) is 20.9 Å². The van der Waals surface area contributed by atoms with E-state index in [1.54, 1.807) is 0 Å². The summed E-state index contributed by atoms with van der Waals surface area (Å²) in [6.45, 7) is 8.19. The number of carbonyl (C=O) groups excluding carboxylic acids is 2. The van der Waals surface area contributed by atoms with Crippen LogP contribution in [0.25, 0.3) is 0 Å². The van der Waals surface area contributed by atoms with Gasteiger partial charge in [0.1, 0.15) is 6.54 Å². The first-order valence-corrected chi connectivity index (χ1v) is 10.1. The maximum absolute atomic E-state index is 12.1. The fraction of sp³-hybridized carbons (Fsp3) is 0.842. The van der Waals surface area contributed by atoms with E-state index in [4.69, 9.17) is 0 Å². The Bertz CT molecular complexity index is 500. The number of amides is 2. The molecule has 2 rings (SSSR count). The average Bonchev–Trinajstić information content (AvgIpc) is 3.08. The van der Waals surface area contributed by atoms with Crippen molar-refractivity contribution >= 4 is 17.8 Å². The molecule has 1 unspecified atom stereocenters. The number of nitrogens with one attached hydrogen (secondary N) is 3. The Morgan fingerprint density at radius 3 is 2.46 bits per heavy atom. The summed E-state index contributed by atoms with van der Waals surface area (Å²) in [7, 11) is 0. The van der Waals surface area contributed by atoms with Crippen molar-refractivity contribution in [2.45, 2.75) is 71.4 Å². The van der Waals surface area contributed by atoms with Crippen LogP contribution in [-0.2, 0) is 9.59 Å². The van der Waals surface area contributed by atoms with E-state index in [-0.39, 0.29) is 30.3 Å². The highest BCUT2D eigenvalue weighted by molar-refractivity contribution is 5.85. The summed E-state index contributed by atoms with van der Waals surface area (Å²) in [6, 6.07) is 0.490. The minimum Gasteiger partial charge on any atom is -0.357 e. The molecule has 0 aromatic heterocycles. The Kier molecular flexibility index (Phi) is 8.19. The lowest BCUT2D eigenvalue weighted by molar-refractivity contribution is -0.133. The molecule has 1 saturated heterocycles. The third-order valence-corrected chi connectivity index (χ3v) is 5.03. The van der Waals surface area contributed by atoms with Gasteiger partial charge in [0, 0.05) is 37.6 Å². The zero-order valence-electron chi connectivity index (χ0n) is 16.5. The lowest BCUT2D eigenvalue weighted by atomic mass is 9.95. The summed E-state index contributed by atoms with van der Waals surface area (Å²) in [5.41, 5.74) is 0. The number of hydrogen-bond donors (Lipinski definition) is 3. The lowest BCUT2D eigenvalue weighted by Gasteiger charge is -2.22. The SMILES string of the molecule is CCNC(=NCC(=O)NC1CCCCC1)NC1CCN(C(=O)C(C)C)C1. The highest BCUT2D eigenvalue weighted by atomic mass is 16.2. The minimum atomic E-state index is -0.0165. The molecule has 0 aromatic rings. The molecule has 7 heteroatoms. The normalized spacial score (nSPS) is 21.8. The molecule has 1 atom stereocenters. The molecule has 1 saturated carbocycles. The second-order valence-electron chi connectivity index (χ2n) is 7.67. The van der Waals surface area contributed by atoms with Crippen molar-refractivity contribution in [3.63, 3.8) is 0 Å². The smallest absolute Gasteiger partial charge is 0.242 e. The maximum Gasteiger partial charge on any atom is 0.242 e. The van der Waals surface area contributed by atoms with Crippen LogP contribution in [0.3, 0.4) is 0 Å². The molecule has 0 radical (unpaired) electrons. The Balaban J connectivity index is 1.80. The molecule has 3 N–H and O–H groups in total. The van der Waals surface area contributed by atoms with Crippen molar-refractivity contribution in [1.82, 2.24) is 20.9 Å². The monoisotopic (exact) mass is 365 g/mol. The standard InChI is InChI=1S/C19H35N5O2/c1-4-20-19(21-12-17(25)22-15-8-6-5-7-9-15)23-16-10-11-24(13-16)18(26)14(2)3/h14-16H,4-13H2,1-3H3,(H,22,25)(H2,20,21,23). The number of aliphatic imine (C=N–C) groups is 1. The van der Waals surface area contributed by atoms with Gasteiger partial charge in [0.25, 0.3) is 0 Å². The first-order valence-electron chi connectivity index (χ1n) is 10.1. The third-order valence-electron chi connectivity index (χ3n) is 5.03. The van der Waals surface area contributed by atoms with Crippen LogP contribution in [-0.4, -0.2) is 60.9 Å². The third kappa shape index (κ3) is 6.50. The summed E-state index contributed by atoms with van der Waals surface area (Å²) in [6.07, 6.45) is 6.73. The first kappa shape index (κ1) is 20.5. The molecule has 1 heterocycles. The van der Waals surface area contributed by atoms with Crippen molar-refractivity contribution in [2.75, 3.05) is 26.2 Å². The Morgan fingerprint density at radius 2 is 1.81 bits per heavy atom. The summed E-state index contributed by atoms with van der Waals surface area (Å²) >= 11 is 0. The van der Waals surface area contributed by atoms with E-state index in [9.17, 15) is 9.59 Å². The van der Waals surface area contributed by atoms with Crippen LogP contribution in [0.1, 0.15) is 59.3 Å². The van der Waals surface area contributed by atoms with Crippen LogP contribution in [0, 0.1) is 5.92 Å². The average molecular weight is 366 g/mol. The molecule has 1 aliphatic heterocycles. The number of rotatable bonds is 6. The van der Waals surface area contributed by atoms with E-state index in [1.807, 2.05) is 25.7 Å². The van der Waals surface area contributed by atoms with E-state index in [0.717, 1.165) is 32.4 Å². The van der Waals surface area contributed by atoms with Crippen molar-refractivity contribution in [2.24, 2.45) is 10.9 Å². The second kappa shape index (κ2) is 10.4. The molecule has 0 bridgehead atoms. The summed E-state index contributed by atoms with van der Waals surface area (Å²) in [4.78, 5) is 30.6. The van der Waals surface area contributed by atoms with Crippen LogP contribution in [0.5, 0.6) is 0 Å². The molecule has 1 aliphatic carbocycles. The van der Waals surface area contributed by atoms with Gasteiger partial charge < -0.3 is 20.9 Å². The number of likely N-dealkylation sites (tertiary alicyclic amines) is 1. The van der Waals surface area contributed by atoms with Gasteiger partial charge >= 0.3 is 0 Å². The number of hydrogen-bond acceptors (Lipinski definition) is 3.